The second-order valence-corrected chi connectivity index (χ2v) is 6.67. The molecular weight excluding hydrogens is 266 g/mol. The molecule has 1 fully saturated rings. The molecule has 1 aliphatic rings. The van der Waals surface area contributed by atoms with Crippen LogP contribution in [-0.2, 0) is 14.3 Å². The van der Waals surface area contributed by atoms with Gasteiger partial charge in [0.05, 0.1) is 5.25 Å². The molecule has 0 aliphatic heterocycles. The molecule has 1 amide bonds. The number of carbonyl (C=O) groups is 2. The number of amides is 1. The van der Waals surface area contributed by atoms with Crippen molar-refractivity contribution in [2.24, 2.45) is 0 Å². The molecule has 19 heavy (non-hydrogen) atoms. The summed E-state index contributed by atoms with van der Waals surface area (Å²) in [4.78, 5) is 23.0. The molecule has 0 aromatic heterocycles. The van der Waals surface area contributed by atoms with Crippen LogP contribution in [0, 0.1) is 0 Å². The van der Waals surface area contributed by atoms with Gasteiger partial charge >= 0.3 is 12.1 Å². The number of rotatable bonds is 3. The fourth-order valence-electron chi connectivity index (χ4n) is 1.92. The molecule has 3 atom stereocenters. The molecule has 0 aromatic carbocycles. The van der Waals surface area contributed by atoms with E-state index in [0.717, 1.165) is 12.8 Å². The minimum absolute atomic E-state index is 0.00266. The quantitative estimate of drug-likeness (QED) is 0.618. The maximum absolute atomic E-state index is 11.6. The largest absolute Gasteiger partial charge is 0.461 e. The number of ether oxygens (including phenoxy) is 2. The number of carbonyl (C=O) groups excluding carboxylic acids is 2. The van der Waals surface area contributed by atoms with Crippen LogP contribution in [0.3, 0.4) is 0 Å². The van der Waals surface area contributed by atoms with E-state index in [1.54, 1.807) is 6.92 Å². The molecule has 3 unspecified atom stereocenters. The van der Waals surface area contributed by atoms with Crippen molar-refractivity contribution in [2.75, 3.05) is 0 Å². The molecule has 1 rings (SSSR count). The van der Waals surface area contributed by atoms with Crippen molar-refractivity contribution in [1.82, 2.24) is 5.32 Å². The van der Waals surface area contributed by atoms with Crippen LogP contribution >= 0.6 is 12.6 Å². The minimum Gasteiger partial charge on any atom is -0.461 e. The van der Waals surface area contributed by atoms with Crippen molar-refractivity contribution in [3.8, 4) is 0 Å². The fraction of sp³-hybridized carbons (Fsp3) is 0.846. The summed E-state index contributed by atoms with van der Waals surface area (Å²) >= 11 is 4.03. The number of nitrogens with one attached hydrogen (secondary N) is 1. The van der Waals surface area contributed by atoms with E-state index in [9.17, 15) is 9.59 Å². The Bertz CT molecular complexity index is 338. The molecule has 0 heterocycles. The van der Waals surface area contributed by atoms with Crippen molar-refractivity contribution < 1.29 is 19.1 Å². The zero-order chi connectivity index (χ0) is 14.6. The van der Waals surface area contributed by atoms with Crippen molar-refractivity contribution >= 4 is 24.7 Å². The smallest absolute Gasteiger partial charge is 0.407 e. The van der Waals surface area contributed by atoms with E-state index < -0.39 is 16.9 Å². The van der Waals surface area contributed by atoms with E-state index >= 15 is 0 Å². The third kappa shape index (κ3) is 6.18. The van der Waals surface area contributed by atoms with E-state index in [1.807, 2.05) is 20.8 Å². The molecule has 1 aliphatic carbocycles. The Morgan fingerprint density at radius 2 is 1.95 bits per heavy atom. The molecular formula is C13H23NO4S. The van der Waals surface area contributed by atoms with E-state index in [4.69, 9.17) is 9.47 Å². The Balaban J connectivity index is 2.32. The Morgan fingerprint density at radius 1 is 1.32 bits per heavy atom. The van der Waals surface area contributed by atoms with Gasteiger partial charge in [-0.1, -0.05) is 0 Å². The van der Waals surface area contributed by atoms with Gasteiger partial charge in [-0.25, -0.2) is 4.79 Å². The summed E-state index contributed by atoms with van der Waals surface area (Å²) in [5, 5.41) is 2.38. The fourth-order valence-corrected chi connectivity index (χ4v) is 1.98. The van der Waals surface area contributed by atoms with Gasteiger partial charge in [-0.2, -0.15) is 12.6 Å². The highest BCUT2D eigenvalue weighted by Gasteiger charge is 2.30. The summed E-state index contributed by atoms with van der Waals surface area (Å²) < 4.78 is 10.5. The van der Waals surface area contributed by atoms with Crippen LogP contribution in [0.4, 0.5) is 4.79 Å². The Hall–Kier alpha value is -0.910. The van der Waals surface area contributed by atoms with E-state index in [-0.39, 0.29) is 18.1 Å². The first-order chi connectivity index (χ1) is 8.67. The first-order valence-corrected chi connectivity index (χ1v) is 7.07. The first kappa shape index (κ1) is 16.1. The van der Waals surface area contributed by atoms with Crippen LogP contribution < -0.4 is 5.32 Å². The van der Waals surface area contributed by atoms with Crippen LogP contribution in [0.1, 0.15) is 47.0 Å². The lowest BCUT2D eigenvalue weighted by molar-refractivity contribution is -0.147. The number of hydrogen-bond donors (Lipinski definition) is 2. The van der Waals surface area contributed by atoms with Gasteiger partial charge < -0.3 is 14.8 Å². The number of hydrogen-bond acceptors (Lipinski definition) is 5. The highest BCUT2D eigenvalue weighted by atomic mass is 32.1. The highest BCUT2D eigenvalue weighted by Crippen LogP contribution is 2.23. The lowest BCUT2D eigenvalue weighted by Crippen LogP contribution is -2.38. The van der Waals surface area contributed by atoms with E-state index in [1.165, 1.54) is 0 Å². The lowest BCUT2D eigenvalue weighted by atomic mass is 10.2. The second-order valence-electron chi connectivity index (χ2n) is 5.89. The van der Waals surface area contributed by atoms with Gasteiger partial charge in [-0.05, 0) is 40.5 Å². The third-order valence-electron chi connectivity index (χ3n) is 2.73. The summed E-state index contributed by atoms with van der Waals surface area (Å²) in [6, 6.07) is 0.00266. The maximum atomic E-state index is 11.6. The normalized spacial score (nSPS) is 24.7. The zero-order valence-corrected chi connectivity index (χ0v) is 12.8. The standard InChI is InChI=1S/C13H23NO4S/c1-8(19)11(15)17-10-6-5-9(7-10)14-12(16)18-13(2,3)4/h8-10,19H,5-7H2,1-4H3,(H,14,16). The number of esters is 1. The average molecular weight is 289 g/mol. The molecule has 110 valence electrons. The molecule has 6 heteroatoms. The van der Waals surface area contributed by atoms with E-state index in [2.05, 4.69) is 17.9 Å². The van der Waals surface area contributed by atoms with Gasteiger partial charge in [0.2, 0.25) is 0 Å². The first-order valence-electron chi connectivity index (χ1n) is 6.55. The summed E-state index contributed by atoms with van der Waals surface area (Å²) in [5.74, 6) is -0.314. The summed E-state index contributed by atoms with van der Waals surface area (Å²) in [5.41, 5.74) is -0.504. The Kier molecular flexibility index (Phi) is 5.52. The van der Waals surface area contributed by atoms with E-state index in [0.29, 0.717) is 6.42 Å². The van der Waals surface area contributed by atoms with Crippen molar-refractivity contribution in [1.29, 1.82) is 0 Å². The average Bonchev–Trinajstić information content (AvgIpc) is 2.61. The summed E-state index contributed by atoms with van der Waals surface area (Å²) in [7, 11) is 0. The van der Waals surface area contributed by atoms with Gasteiger partial charge in [0.1, 0.15) is 11.7 Å². The molecule has 1 N–H and O–H groups in total. The monoisotopic (exact) mass is 289 g/mol. The summed E-state index contributed by atoms with van der Waals surface area (Å²) in [6.07, 6.45) is 1.62. The topological polar surface area (TPSA) is 64.6 Å². The molecule has 0 aromatic rings. The molecule has 0 spiro atoms. The predicted octanol–water partition coefficient (Wildman–Crippen LogP) is 2.29. The molecule has 0 radical (unpaired) electrons. The number of alkyl carbamates (subject to hydrolysis) is 1. The highest BCUT2D eigenvalue weighted by molar-refractivity contribution is 7.81. The predicted molar refractivity (Wildman–Crippen MR) is 75.3 cm³/mol. The van der Waals surface area contributed by atoms with Crippen LogP contribution in [-0.4, -0.2) is 35.1 Å². The summed E-state index contributed by atoms with van der Waals surface area (Å²) in [6.45, 7) is 7.14. The SMILES string of the molecule is CC(S)C(=O)OC1CCC(NC(=O)OC(C)(C)C)C1. The molecule has 5 nitrogen and oxygen atoms in total. The van der Waals surface area contributed by atoms with Gasteiger partial charge in [-0.3, -0.25) is 4.79 Å². The maximum Gasteiger partial charge on any atom is 0.407 e. The van der Waals surface area contributed by atoms with Crippen molar-refractivity contribution in [2.45, 2.75) is 70.0 Å². The van der Waals surface area contributed by atoms with Crippen LogP contribution in [0.15, 0.2) is 0 Å². The Morgan fingerprint density at radius 3 is 2.47 bits per heavy atom. The van der Waals surface area contributed by atoms with Crippen LogP contribution in [0.25, 0.3) is 0 Å². The molecule has 0 saturated heterocycles. The van der Waals surface area contributed by atoms with Crippen LogP contribution in [0.2, 0.25) is 0 Å². The number of thiol groups is 1. The van der Waals surface area contributed by atoms with Crippen molar-refractivity contribution in [3.63, 3.8) is 0 Å². The second kappa shape index (κ2) is 6.50. The minimum atomic E-state index is -0.504. The van der Waals surface area contributed by atoms with Crippen molar-refractivity contribution in [3.05, 3.63) is 0 Å². The zero-order valence-electron chi connectivity index (χ0n) is 11.9. The molecule has 0 bridgehead atoms. The lowest BCUT2D eigenvalue weighted by Gasteiger charge is -2.21. The van der Waals surface area contributed by atoms with Crippen LogP contribution in [0.5, 0.6) is 0 Å². The van der Waals surface area contributed by atoms with Gasteiger partial charge in [0.25, 0.3) is 0 Å². The van der Waals surface area contributed by atoms with Gasteiger partial charge in [-0.15, -0.1) is 0 Å². The third-order valence-corrected chi connectivity index (χ3v) is 2.94. The van der Waals surface area contributed by atoms with Gasteiger partial charge in [0.15, 0.2) is 0 Å². The van der Waals surface area contributed by atoms with Gasteiger partial charge in [0, 0.05) is 12.5 Å². The Labute approximate surface area is 119 Å². The molecule has 1 saturated carbocycles.